The first-order valence-corrected chi connectivity index (χ1v) is 6.19. The van der Waals surface area contributed by atoms with Crippen LogP contribution >= 0.6 is 0 Å². The molecule has 0 bridgehead atoms. The van der Waals surface area contributed by atoms with Gasteiger partial charge in [-0.1, -0.05) is 24.3 Å². The summed E-state index contributed by atoms with van der Waals surface area (Å²) in [5.41, 5.74) is 1.90. The average Bonchev–Trinajstić information content (AvgIpc) is 2.48. The summed E-state index contributed by atoms with van der Waals surface area (Å²) < 4.78 is 26.3. The van der Waals surface area contributed by atoms with E-state index in [1.54, 1.807) is 24.3 Å². The van der Waals surface area contributed by atoms with Crippen LogP contribution in [-0.2, 0) is 0 Å². The van der Waals surface area contributed by atoms with Crippen molar-refractivity contribution in [1.29, 1.82) is 0 Å². The predicted molar refractivity (Wildman–Crippen MR) is 73.4 cm³/mol. The van der Waals surface area contributed by atoms with E-state index >= 15 is 0 Å². The lowest BCUT2D eigenvalue weighted by Gasteiger charge is -2.14. The summed E-state index contributed by atoms with van der Waals surface area (Å²) in [7, 11) is 0. The van der Waals surface area contributed by atoms with Crippen LogP contribution in [0.25, 0.3) is 11.1 Å². The fraction of sp³-hybridized carbons (Fsp3) is 0.200. The number of hydrogen-bond donors (Lipinski definition) is 3. The summed E-state index contributed by atoms with van der Waals surface area (Å²) in [4.78, 5) is 0. The van der Waals surface area contributed by atoms with Gasteiger partial charge in [-0.15, -0.1) is 0 Å². The van der Waals surface area contributed by atoms with E-state index in [9.17, 15) is 13.9 Å². The molecule has 1 atom stereocenters. The zero-order chi connectivity index (χ0) is 14.5. The van der Waals surface area contributed by atoms with E-state index in [-0.39, 0.29) is 13.2 Å². The van der Waals surface area contributed by atoms with E-state index in [0.29, 0.717) is 16.8 Å². The van der Waals surface area contributed by atoms with Crippen molar-refractivity contribution < 1.29 is 19.0 Å². The highest BCUT2D eigenvalue weighted by Gasteiger charge is 2.09. The number of aliphatic hydroxyl groups excluding tert-OH is 2. The van der Waals surface area contributed by atoms with Crippen molar-refractivity contribution in [1.82, 2.24) is 0 Å². The molecule has 0 heterocycles. The van der Waals surface area contributed by atoms with Crippen LogP contribution in [0.3, 0.4) is 0 Å². The van der Waals surface area contributed by atoms with Gasteiger partial charge in [0.2, 0.25) is 0 Å². The first kappa shape index (κ1) is 14.4. The third-order valence-corrected chi connectivity index (χ3v) is 2.90. The SMILES string of the molecule is OCC(O)CNc1ccccc1-c1ccc(F)c(F)c1. The van der Waals surface area contributed by atoms with Crippen LogP contribution in [0, 0.1) is 11.6 Å². The van der Waals surface area contributed by atoms with Gasteiger partial charge in [0.05, 0.1) is 12.7 Å². The van der Waals surface area contributed by atoms with Gasteiger partial charge in [0, 0.05) is 17.8 Å². The lowest BCUT2D eigenvalue weighted by molar-refractivity contribution is 0.105. The summed E-state index contributed by atoms with van der Waals surface area (Å²) >= 11 is 0. The molecule has 0 aliphatic carbocycles. The van der Waals surface area contributed by atoms with Crippen molar-refractivity contribution in [2.24, 2.45) is 0 Å². The normalized spacial score (nSPS) is 12.2. The summed E-state index contributed by atoms with van der Waals surface area (Å²) in [6, 6.07) is 10.8. The molecule has 1 unspecified atom stereocenters. The highest BCUT2D eigenvalue weighted by molar-refractivity contribution is 5.77. The molecule has 0 aliphatic heterocycles. The smallest absolute Gasteiger partial charge is 0.159 e. The van der Waals surface area contributed by atoms with E-state index in [2.05, 4.69) is 5.32 Å². The lowest BCUT2D eigenvalue weighted by atomic mass is 10.0. The Morgan fingerprint density at radius 3 is 2.50 bits per heavy atom. The molecular formula is C15H15F2NO2. The zero-order valence-corrected chi connectivity index (χ0v) is 10.7. The molecule has 0 radical (unpaired) electrons. The third-order valence-electron chi connectivity index (χ3n) is 2.90. The number of halogens is 2. The van der Waals surface area contributed by atoms with Crippen LogP contribution < -0.4 is 5.32 Å². The Labute approximate surface area is 115 Å². The zero-order valence-electron chi connectivity index (χ0n) is 10.7. The van der Waals surface area contributed by atoms with Gasteiger partial charge in [-0.25, -0.2) is 8.78 Å². The largest absolute Gasteiger partial charge is 0.394 e. The number of rotatable bonds is 5. The molecule has 2 aromatic rings. The van der Waals surface area contributed by atoms with E-state index in [1.165, 1.54) is 6.07 Å². The minimum Gasteiger partial charge on any atom is -0.394 e. The summed E-state index contributed by atoms with van der Waals surface area (Å²) in [6.07, 6.45) is -0.881. The van der Waals surface area contributed by atoms with Crippen LogP contribution in [0.1, 0.15) is 0 Å². The van der Waals surface area contributed by atoms with Crippen LogP contribution in [0.15, 0.2) is 42.5 Å². The molecule has 0 fully saturated rings. The fourth-order valence-corrected chi connectivity index (χ4v) is 1.84. The number of nitrogens with one attached hydrogen (secondary N) is 1. The van der Waals surface area contributed by atoms with Crippen molar-refractivity contribution in [3.8, 4) is 11.1 Å². The second-order valence-corrected chi connectivity index (χ2v) is 4.39. The maximum atomic E-state index is 13.3. The van der Waals surface area contributed by atoms with Gasteiger partial charge < -0.3 is 15.5 Å². The molecule has 0 spiro atoms. The van der Waals surface area contributed by atoms with Crippen LogP contribution in [-0.4, -0.2) is 29.5 Å². The molecule has 5 heteroatoms. The van der Waals surface area contributed by atoms with Crippen LogP contribution in [0.5, 0.6) is 0 Å². The Morgan fingerprint density at radius 1 is 1.05 bits per heavy atom. The molecule has 3 nitrogen and oxygen atoms in total. The van der Waals surface area contributed by atoms with Gasteiger partial charge in [-0.3, -0.25) is 0 Å². The molecule has 3 N–H and O–H groups in total. The monoisotopic (exact) mass is 279 g/mol. The molecular weight excluding hydrogens is 264 g/mol. The number of aliphatic hydroxyl groups is 2. The summed E-state index contributed by atoms with van der Waals surface area (Å²) in [5, 5.41) is 21.1. The average molecular weight is 279 g/mol. The van der Waals surface area contributed by atoms with Gasteiger partial charge >= 0.3 is 0 Å². The fourth-order valence-electron chi connectivity index (χ4n) is 1.84. The minimum atomic E-state index is -0.910. The molecule has 2 aromatic carbocycles. The second-order valence-electron chi connectivity index (χ2n) is 4.39. The maximum absolute atomic E-state index is 13.3. The molecule has 20 heavy (non-hydrogen) atoms. The molecule has 0 aromatic heterocycles. The van der Waals surface area contributed by atoms with E-state index in [0.717, 1.165) is 12.1 Å². The Hall–Kier alpha value is -1.98. The van der Waals surface area contributed by atoms with Crippen molar-refractivity contribution in [2.75, 3.05) is 18.5 Å². The van der Waals surface area contributed by atoms with E-state index < -0.39 is 17.7 Å². The van der Waals surface area contributed by atoms with Crippen molar-refractivity contribution >= 4 is 5.69 Å². The van der Waals surface area contributed by atoms with Gasteiger partial charge in [-0.05, 0) is 23.8 Å². The molecule has 0 saturated carbocycles. The van der Waals surface area contributed by atoms with Crippen molar-refractivity contribution in [3.63, 3.8) is 0 Å². The van der Waals surface area contributed by atoms with Gasteiger partial charge in [0.1, 0.15) is 0 Å². The van der Waals surface area contributed by atoms with Crippen LogP contribution in [0.2, 0.25) is 0 Å². The van der Waals surface area contributed by atoms with Gasteiger partial charge in [0.15, 0.2) is 11.6 Å². The van der Waals surface area contributed by atoms with Gasteiger partial charge in [0.25, 0.3) is 0 Å². The highest BCUT2D eigenvalue weighted by Crippen LogP contribution is 2.28. The molecule has 106 valence electrons. The highest BCUT2D eigenvalue weighted by atomic mass is 19.2. The molecule has 0 amide bonds. The quantitative estimate of drug-likeness (QED) is 0.787. The Balaban J connectivity index is 2.29. The van der Waals surface area contributed by atoms with Crippen LogP contribution in [0.4, 0.5) is 14.5 Å². The first-order chi connectivity index (χ1) is 9.61. The Kier molecular flexibility index (Phi) is 4.65. The number of anilines is 1. The second kappa shape index (κ2) is 6.45. The lowest BCUT2D eigenvalue weighted by Crippen LogP contribution is -2.23. The van der Waals surface area contributed by atoms with E-state index in [1.807, 2.05) is 0 Å². The molecule has 2 rings (SSSR count). The molecule has 0 aliphatic rings. The summed E-state index contributed by atoms with van der Waals surface area (Å²) in [5.74, 6) is -1.80. The van der Waals surface area contributed by atoms with Gasteiger partial charge in [-0.2, -0.15) is 0 Å². The maximum Gasteiger partial charge on any atom is 0.159 e. The van der Waals surface area contributed by atoms with Crippen molar-refractivity contribution in [2.45, 2.75) is 6.10 Å². The Bertz CT molecular complexity index is 590. The summed E-state index contributed by atoms with van der Waals surface area (Å²) in [6.45, 7) is -0.183. The third kappa shape index (κ3) is 3.31. The number of hydrogen-bond acceptors (Lipinski definition) is 3. The number of para-hydroxylation sites is 1. The minimum absolute atomic E-state index is 0.164. The topological polar surface area (TPSA) is 52.5 Å². The van der Waals surface area contributed by atoms with Crippen molar-refractivity contribution in [3.05, 3.63) is 54.1 Å². The Morgan fingerprint density at radius 2 is 1.80 bits per heavy atom. The van der Waals surface area contributed by atoms with E-state index in [4.69, 9.17) is 5.11 Å². The first-order valence-electron chi connectivity index (χ1n) is 6.19. The number of benzene rings is 2. The molecule has 0 saturated heterocycles. The predicted octanol–water partition coefficient (Wildman–Crippen LogP) is 2.40. The standard InChI is InChI=1S/C15H15F2NO2/c16-13-6-5-10(7-14(13)17)12-3-1-2-4-15(12)18-8-11(20)9-19/h1-7,11,18-20H,8-9H2.